The number of rotatable bonds is 12. The smallest absolute Gasteiger partial charge is 0.259 e. The van der Waals surface area contributed by atoms with Gasteiger partial charge in [0.05, 0.1) is 11.5 Å². The van der Waals surface area contributed by atoms with Crippen LogP contribution in [-0.4, -0.2) is 51.2 Å². The van der Waals surface area contributed by atoms with Crippen molar-refractivity contribution in [2.75, 3.05) is 26.3 Å². The minimum Gasteiger partial charge on any atom is -0.378 e. The Bertz CT molecular complexity index is 848. The number of carbonyl (C=O) groups is 1. The van der Waals surface area contributed by atoms with Gasteiger partial charge in [-0.15, -0.1) is 0 Å². The maximum absolute atomic E-state index is 13.3. The molecule has 1 aromatic rings. The van der Waals surface area contributed by atoms with Crippen LogP contribution in [0.25, 0.3) is 0 Å². The zero-order valence-electron chi connectivity index (χ0n) is 17.7. The van der Waals surface area contributed by atoms with Crippen LogP contribution < -0.4 is 0 Å². The van der Waals surface area contributed by atoms with E-state index in [0.717, 1.165) is 31.5 Å². The molecule has 0 radical (unpaired) electrons. The van der Waals surface area contributed by atoms with Gasteiger partial charge >= 0.3 is 0 Å². The van der Waals surface area contributed by atoms with E-state index in [4.69, 9.17) is 9.47 Å². The second-order valence-corrected chi connectivity index (χ2v) is 8.90. The van der Waals surface area contributed by atoms with Gasteiger partial charge in [-0.05, 0) is 57.7 Å². The number of sulfone groups is 1. The molecule has 2 rings (SSSR count). The molecule has 0 N–H and O–H groups in total. The Balaban J connectivity index is 2.40. The van der Waals surface area contributed by atoms with Crippen molar-refractivity contribution in [2.24, 2.45) is 0 Å². The van der Waals surface area contributed by atoms with Crippen molar-refractivity contribution < 1.29 is 22.7 Å². The van der Waals surface area contributed by atoms with Gasteiger partial charge in [0.15, 0.2) is 0 Å². The molecule has 1 aromatic carbocycles. The Labute approximate surface area is 174 Å². The highest BCUT2D eigenvalue weighted by molar-refractivity contribution is 7.96. The molecule has 1 aliphatic heterocycles. The SMILES string of the molecule is CCCCOC1(C(=O)/C(=C/C=C/N(CC)CC)S(=O)(=O)c2ccc(C)cc2)CO1. The molecule has 1 saturated heterocycles. The summed E-state index contributed by atoms with van der Waals surface area (Å²) >= 11 is 0. The minimum atomic E-state index is -4.02. The Morgan fingerprint density at radius 2 is 1.83 bits per heavy atom. The lowest BCUT2D eigenvalue weighted by atomic mass is 10.2. The number of Topliss-reactive ketones (excluding diaryl/α,β-unsaturated/α-hetero) is 1. The molecule has 29 heavy (non-hydrogen) atoms. The number of unbranched alkanes of at least 4 members (excludes halogenated alkanes) is 1. The number of hydrogen-bond donors (Lipinski definition) is 0. The fourth-order valence-electron chi connectivity index (χ4n) is 2.73. The topological polar surface area (TPSA) is 76.2 Å². The number of epoxide rings is 1. The van der Waals surface area contributed by atoms with Gasteiger partial charge in [-0.25, -0.2) is 8.42 Å². The quantitative estimate of drug-likeness (QED) is 0.222. The summed E-state index contributed by atoms with van der Waals surface area (Å²) in [5, 5.41) is 0. The van der Waals surface area contributed by atoms with Crippen molar-refractivity contribution in [3.8, 4) is 0 Å². The van der Waals surface area contributed by atoms with Crippen LogP contribution >= 0.6 is 0 Å². The summed E-state index contributed by atoms with van der Waals surface area (Å²) < 4.78 is 37.4. The molecule has 0 spiro atoms. The summed E-state index contributed by atoms with van der Waals surface area (Å²) in [6, 6.07) is 6.44. The number of carbonyl (C=O) groups excluding carboxylic acids is 1. The number of allylic oxidation sites excluding steroid dienone is 2. The fraction of sp³-hybridized carbons (Fsp3) is 0.500. The number of aryl methyl sites for hydroxylation is 1. The van der Waals surface area contributed by atoms with Gasteiger partial charge in [0.1, 0.15) is 11.5 Å². The van der Waals surface area contributed by atoms with Gasteiger partial charge in [-0.3, -0.25) is 4.79 Å². The van der Waals surface area contributed by atoms with E-state index in [1.807, 2.05) is 32.6 Å². The molecule has 1 fully saturated rings. The highest BCUT2D eigenvalue weighted by atomic mass is 32.2. The van der Waals surface area contributed by atoms with Gasteiger partial charge in [0.25, 0.3) is 5.79 Å². The van der Waals surface area contributed by atoms with Crippen molar-refractivity contribution >= 4 is 15.6 Å². The first-order chi connectivity index (χ1) is 13.8. The molecule has 0 amide bonds. The Kier molecular flexibility index (Phi) is 8.19. The summed E-state index contributed by atoms with van der Waals surface area (Å²) in [4.78, 5) is 14.9. The molecule has 0 aromatic heterocycles. The third kappa shape index (κ3) is 5.78. The third-order valence-corrected chi connectivity index (χ3v) is 6.58. The van der Waals surface area contributed by atoms with Crippen LogP contribution in [0.1, 0.15) is 39.2 Å². The van der Waals surface area contributed by atoms with Crippen LogP contribution in [0.4, 0.5) is 0 Å². The number of nitrogens with zero attached hydrogens (tertiary/aromatic N) is 1. The first kappa shape index (κ1) is 23.3. The second-order valence-electron chi connectivity index (χ2n) is 6.98. The molecular formula is C22H31NO5S. The van der Waals surface area contributed by atoms with Gasteiger partial charge in [0.2, 0.25) is 15.6 Å². The Morgan fingerprint density at radius 3 is 2.34 bits per heavy atom. The van der Waals surface area contributed by atoms with E-state index in [-0.39, 0.29) is 16.4 Å². The summed E-state index contributed by atoms with van der Waals surface area (Å²) in [7, 11) is -4.02. The molecule has 160 valence electrons. The Morgan fingerprint density at radius 1 is 1.21 bits per heavy atom. The van der Waals surface area contributed by atoms with Crippen LogP contribution in [0.3, 0.4) is 0 Å². The van der Waals surface area contributed by atoms with Crippen LogP contribution in [-0.2, 0) is 24.1 Å². The van der Waals surface area contributed by atoms with E-state index in [2.05, 4.69) is 0 Å². The van der Waals surface area contributed by atoms with E-state index in [0.29, 0.717) is 6.61 Å². The number of ether oxygens (including phenoxy) is 2. The second kappa shape index (κ2) is 10.2. The summed E-state index contributed by atoms with van der Waals surface area (Å²) in [6.45, 7) is 9.86. The highest BCUT2D eigenvalue weighted by Crippen LogP contribution is 2.35. The largest absolute Gasteiger partial charge is 0.378 e. The highest BCUT2D eigenvalue weighted by Gasteiger charge is 2.56. The molecule has 1 atom stereocenters. The van der Waals surface area contributed by atoms with Gasteiger partial charge in [-0.2, -0.15) is 0 Å². The van der Waals surface area contributed by atoms with Crippen LogP contribution in [0, 0.1) is 6.92 Å². The third-order valence-electron chi connectivity index (χ3n) is 4.79. The molecule has 1 heterocycles. The maximum Gasteiger partial charge on any atom is 0.259 e. The van der Waals surface area contributed by atoms with Crippen molar-refractivity contribution in [2.45, 2.75) is 51.2 Å². The van der Waals surface area contributed by atoms with E-state index in [1.165, 1.54) is 18.2 Å². The molecule has 7 heteroatoms. The maximum atomic E-state index is 13.3. The lowest BCUT2D eigenvalue weighted by Crippen LogP contribution is -2.32. The molecule has 6 nitrogen and oxygen atoms in total. The monoisotopic (exact) mass is 421 g/mol. The minimum absolute atomic E-state index is 0.0655. The average Bonchev–Trinajstić information content (AvgIpc) is 3.49. The summed E-state index contributed by atoms with van der Waals surface area (Å²) in [5.74, 6) is -2.14. The average molecular weight is 422 g/mol. The predicted octanol–water partition coefficient (Wildman–Crippen LogP) is 3.62. The summed E-state index contributed by atoms with van der Waals surface area (Å²) in [5.41, 5.74) is 0.937. The lowest BCUT2D eigenvalue weighted by molar-refractivity contribution is -0.139. The first-order valence-corrected chi connectivity index (χ1v) is 11.6. The van der Waals surface area contributed by atoms with Crippen molar-refractivity contribution in [3.63, 3.8) is 0 Å². The van der Waals surface area contributed by atoms with E-state index >= 15 is 0 Å². The number of hydrogen-bond acceptors (Lipinski definition) is 6. The fourth-order valence-corrected chi connectivity index (χ4v) is 4.14. The van der Waals surface area contributed by atoms with E-state index in [9.17, 15) is 13.2 Å². The van der Waals surface area contributed by atoms with Crippen molar-refractivity contribution in [3.05, 3.63) is 53.1 Å². The zero-order valence-corrected chi connectivity index (χ0v) is 18.5. The normalized spacial score (nSPS) is 19.5. The van der Waals surface area contributed by atoms with Crippen molar-refractivity contribution in [1.82, 2.24) is 4.90 Å². The molecule has 0 saturated carbocycles. The van der Waals surface area contributed by atoms with Crippen LogP contribution in [0.5, 0.6) is 0 Å². The molecular weight excluding hydrogens is 390 g/mol. The number of ketones is 1. The molecule has 0 aliphatic carbocycles. The van der Waals surface area contributed by atoms with Crippen LogP contribution in [0.2, 0.25) is 0 Å². The van der Waals surface area contributed by atoms with Gasteiger partial charge in [0, 0.05) is 13.1 Å². The first-order valence-electron chi connectivity index (χ1n) is 10.1. The predicted molar refractivity (Wildman–Crippen MR) is 113 cm³/mol. The molecule has 0 bridgehead atoms. The molecule has 1 unspecified atom stereocenters. The lowest BCUT2D eigenvalue weighted by Gasteiger charge is -2.16. The summed E-state index contributed by atoms with van der Waals surface area (Å²) in [6.07, 6.45) is 6.39. The zero-order chi connectivity index (χ0) is 21.5. The molecule has 1 aliphatic rings. The Hall–Kier alpha value is -1.96. The van der Waals surface area contributed by atoms with Crippen molar-refractivity contribution in [1.29, 1.82) is 0 Å². The van der Waals surface area contributed by atoms with Gasteiger partial charge < -0.3 is 14.4 Å². The standard InChI is InChI=1S/C22H31NO5S/c1-5-8-16-27-22(17-28-22)21(24)20(10-9-15-23(6-2)7-3)29(25,26)19-13-11-18(4)12-14-19/h9-15H,5-8,16-17H2,1-4H3/b15-9+,20-10-. The van der Waals surface area contributed by atoms with Gasteiger partial charge in [-0.1, -0.05) is 31.0 Å². The van der Waals surface area contributed by atoms with Crippen LogP contribution in [0.15, 0.2) is 52.4 Å². The number of benzene rings is 1. The van der Waals surface area contributed by atoms with E-state index < -0.39 is 21.4 Å². The van der Waals surface area contributed by atoms with E-state index in [1.54, 1.807) is 24.4 Å².